The molecule has 10 rings (SSSR count). The van der Waals surface area contributed by atoms with E-state index in [1.54, 1.807) is 0 Å². The van der Waals surface area contributed by atoms with E-state index < -0.39 is 0 Å². The minimum Gasteiger partial charge on any atom is -0.310 e. The molecular formula is C54H37N. The summed E-state index contributed by atoms with van der Waals surface area (Å²) >= 11 is 0. The molecule has 0 unspecified atom stereocenters. The number of nitrogens with zero attached hydrogens (tertiary/aromatic N) is 1. The van der Waals surface area contributed by atoms with E-state index in [1.807, 2.05) is 0 Å². The molecule has 1 nitrogen and oxygen atoms in total. The van der Waals surface area contributed by atoms with Gasteiger partial charge in [0.25, 0.3) is 0 Å². The quantitative estimate of drug-likeness (QED) is 0.150. The van der Waals surface area contributed by atoms with Gasteiger partial charge in [0.05, 0.1) is 5.69 Å². The zero-order valence-corrected chi connectivity index (χ0v) is 30.3. The predicted molar refractivity (Wildman–Crippen MR) is 235 cm³/mol. The van der Waals surface area contributed by atoms with E-state index in [0.29, 0.717) is 0 Å². The molecule has 0 aromatic heterocycles. The first kappa shape index (κ1) is 32.4. The third-order valence-corrected chi connectivity index (χ3v) is 10.9. The maximum Gasteiger partial charge on any atom is 0.0540 e. The monoisotopic (exact) mass is 699 g/mol. The van der Waals surface area contributed by atoms with Gasteiger partial charge in [-0.1, -0.05) is 188 Å². The van der Waals surface area contributed by atoms with E-state index in [9.17, 15) is 0 Å². The van der Waals surface area contributed by atoms with Gasteiger partial charge in [0.1, 0.15) is 0 Å². The van der Waals surface area contributed by atoms with Gasteiger partial charge in [0, 0.05) is 16.9 Å². The van der Waals surface area contributed by atoms with Crippen LogP contribution in [0.2, 0.25) is 0 Å². The van der Waals surface area contributed by atoms with E-state index in [4.69, 9.17) is 0 Å². The second-order valence-electron chi connectivity index (χ2n) is 14.1. The van der Waals surface area contributed by atoms with Crippen molar-refractivity contribution in [2.24, 2.45) is 0 Å². The summed E-state index contributed by atoms with van der Waals surface area (Å²) in [5.41, 5.74) is 13.0. The second kappa shape index (κ2) is 14.0. The molecule has 0 atom stereocenters. The summed E-state index contributed by atoms with van der Waals surface area (Å²) in [6.45, 7) is 0. The van der Waals surface area contributed by atoms with Gasteiger partial charge < -0.3 is 4.90 Å². The average Bonchev–Trinajstić information content (AvgIpc) is 3.27. The molecule has 0 aliphatic carbocycles. The average molecular weight is 700 g/mol. The maximum atomic E-state index is 2.39. The van der Waals surface area contributed by atoms with Gasteiger partial charge in [-0.05, 0) is 108 Å². The van der Waals surface area contributed by atoms with E-state index in [1.165, 1.54) is 76.8 Å². The van der Waals surface area contributed by atoms with Crippen molar-refractivity contribution in [1.82, 2.24) is 0 Å². The molecule has 10 aromatic rings. The van der Waals surface area contributed by atoms with Crippen molar-refractivity contribution in [2.45, 2.75) is 0 Å². The summed E-state index contributed by atoms with van der Waals surface area (Å²) in [6, 6.07) is 81.4. The molecule has 0 fully saturated rings. The fraction of sp³-hybridized carbons (Fsp3) is 0. The first-order valence-corrected chi connectivity index (χ1v) is 18.9. The van der Waals surface area contributed by atoms with Gasteiger partial charge in [0.2, 0.25) is 0 Å². The first-order valence-electron chi connectivity index (χ1n) is 18.9. The molecule has 0 aliphatic heterocycles. The van der Waals surface area contributed by atoms with Gasteiger partial charge in [0.15, 0.2) is 0 Å². The summed E-state index contributed by atoms with van der Waals surface area (Å²) < 4.78 is 0. The van der Waals surface area contributed by atoms with Gasteiger partial charge in [-0.3, -0.25) is 0 Å². The molecule has 0 aliphatic rings. The van der Waals surface area contributed by atoms with Gasteiger partial charge in [-0.2, -0.15) is 0 Å². The molecule has 0 spiro atoms. The lowest BCUT2D eigenvalue weighted by Crippen LogP contribution is -2.11. The molecule has 0 heterocycles. The van der Waals surface area contributed by atoms with Crippen molar-refractivity contribution in [3.05, 3.63) is 224 Å². The number of para-hydroxylation sites is 1. The van der Waals surface area contributed by atoms with Crippen LogP contribution in [0.1, 0.15) is 0 Å². The molecule has 0 saturated carbocycles. The normalized spacial score (nSPS) is 11.3. The molecule has 0 N–H and O–H groups in total. The number of hydrogen-bond donors (Lipinski definition) is 0. The fourth-order valence-electron chi connectivity index (χ4n) is 8.17. The highest BCUT2D eigenvalue weighted by Crippen LogP contribution is 2.44. The summed E-state index contributed by atoms with van der Waals surface area (Å²) in [7, 11) is 0. The lowest BCUT2D eigenvalue weighted by molar-refractivity contribution is 1.28. The van der Waals surface area contributed by atoms with Crippen LogP contribution < -0.4 is 4.90 Å². The van der Waals surface area contributed by atoms with Crippen LogP contribution in [0.25, 0.3) is 76.8 Å². The topological polar surface area (TPSA) is 3.24 Å². The van der Waals surface area contributed by atoms with Crippen LogP contribution in [0.15, 0.2) is 224 Å². The van der Waals surface area contributed by atoms with E-state index in [-0.39, 0.29) is 0 Å². The van der Waals surface area contributed by atoms with Crippen LogP contribution in [0.3, 0.4) is 0 Å². The van der Waals surface area contributed by atoms with Gasteiger partial charge in [-0.15, -0.1) is 0 Å². The minimum atomic E-state index is 1.10. The molecular weight excluding hydrogens is 663 g/mol. The van der Waals surface area contributed by atoms with Crippen molar-refractivity contribution in [3.8, 4) is 44.5 Å². The lowest BCUT2D eigenvalue weighted by atomic mass is 9.89. The fourth-order valence-corrected chi connectivity index (χ4v) is 8.17. The largest absolute Gasteiger partial charge is 0.310 e. The minimum absolute atomic E-state index is 1.10. The number of rotatable bonds is 7. The summed E-state index contributed by atoms with van der Waals surface area (Å²) in [5, 5.41) is 7.58. The SMILES string of the molecule is c1ccc(-c2ccccc2N(c2ccc(-c3ccc4c(ccc5ccccc54)c3)cc2)c2ccc(-c3c(-c4ccccc4)ccc4ccccc34)cc2)cc1. The summed E-state index contributed by atoms with van der Waals surface area (Å²) in [6.07, 6.45) is 0. The molecule has 0 radical (unpaired) electrons. The summed E-state index contributed by atoms with van der Waals surface area (Å²) in [5.74, 6) is 0. The molecule has 0 amide bonds. The number of hydrogen-bond acceptors (Lipinski definition) is 1. The number of anilines is 3. The Balaban J connectivity index is 1.09. The molecule has 258 valence electrons. The zero-order valence-electron chi connectivity index (χ0n) is 30.3. The summed E-state index contributed by atoms with van der Waals surface area (Å²) in [4.78, 5) is 2.39. The Labute approximate surface area is 322 Å². The van der Waals surface area contributed by atoms with Crippen LogP contribution >= 0.6 is 0 Å². The van der Waals surface area contributed by atoms with Crippen molar-refractivity contribution in [3.63, 3.8) is 0 Å². The molecule has 55 heavy (non-hydrogen) atoms. The van der Waals surface area contributed by atoms with Crippen molar-refractivity contribution in [2.75, 3.05) is 4.90 Å². The van der Waals surface area contributed by atoms with Crippen molar-refractivity contribution >= 4 is 49.4 Å². The van der Waals surface area contributed by atoms with Crippen molar-refractivity contribution in [1.29, 1.82) is 0 Å². The zero-order chi connectivity index (χ0) is 36.6. The van der Waals surface area contributed by atoms with Crippen LogP contribution in [0.5, 0.6) is 0 Å². The van der Waals surface area contributed by atoms with E-state index in [2.05, 4.69) is 229 Å². The Hall–Kier alpha value is -7.22. The maximum absolute atomic E-state index is 2.39. The van der Waals surface area contributed by atoms with Gasteiger partial charge in [-0.25, -0.2) is 0 Å². The van der Waals surface area contributed by atoms with E-state index >= 15 is 0 Å². The standard InChI is InChI=1S/C54H37N/c1-3-13-39(14-4-1)50-20-11-12-22-53(50)55(46-31-25-38(26-32-46)44-30-35-49-45(37-44)24-23-41-17-7-9-19-48(41)49)47-33-27-43(28-34-47)54-51-21-10-8-18-42(51)29-36-52(54)40-15-5-2-6-16-40/h1-37H. The van der Waals surface area contributed by atoms with Crippen LogP contribution in [-0.4, -0.2) is 0 Å². The number of benzene rings is 10. The smallest absolute Gasteiger partial charge is 0.0540 e. The highest BCUT2D eigenvalue weighted by Gasteiger charge is 2.19. The lowest BCUT2D eigenvalue weighted by Gasteiger charge is -2.28. The third-order valence-electron chi connectivity index (χ3n) is 10.9. The highest BCUT2D eigenvalue weighted by molar-refractivity contribution is 6.08. The van der Waals surface area contributed by atoms with Crippen molar-refractivity contribution < 1.29 is 0 Å². The van der Waals surface area contributed by atoms with Crippen LogP contribution in [-0.2, 0) is 0 Å². The second-order valence-corrected chi connectivity index (χ2v) is 14.1. The third kappa shape index (κ3) is 6.02. The molecule has 0 bridgehead atoms. The Kier molecular flexibility index (Phi) is 8.24. The molecule has 0 saturated heterocycles. The van der Waals surface area contributed by atoms with Crippen LogP contribution in [0.4, 0.5) is 17.1 Å². The molecule has 1 heteroatoms. The Morgan fingerprint density at radius 3 is 1.45 bits per heavy atom. The Morgan fingerprint density at radius 1 is 0.255 bits per heavy atom. The number of fused-ring (bicyclic) bond motifs is 4. The van der Waals surface area contributed by atoms with E-state index in [0.717, 1.165) is 17.1 Å². The Bertz CT molecular complexity index is 2950. The van der Waals surface area contributed by atoms with Crippen LogP contribution in [0, 0.1) is 0 Å². The first-order chi connectivity index (χ1) is 27.3. The molecule has 10 aromatic carbocycles. The predicted octanol–water partition coefficient (Wildman–Crippen LogP) is 15.3. The van der Waals surface area contributed by atoms with Gasteiger partial charge >= 0.3 is 0 Å². The Morgan fingerprint density at radius 2 is 0.745 bits per heavy atom. The highest BCUT2D eigenvalue weighted by atomic mass is 15.1.